The third-order valence-electron chi connectivity index (χ3n) is 9.54. The molecular formula is C50H84NO7+. The quantitative estimate of drug-likeness (QED) is 0.0286. The molecule has 8 heteroatoms. The van der Waals surface area contributed by atoms with E-state index in [9.17, 15) is 19.5 Å². The second-order valence-electron chi connectivity index (χ2n) is 15.9. The molecule has 0 rings (SSSR count). The highest BCUT2D eigenvalue weighted by atomic mass is 16.6. The summed E-state index contributed by atoms with van der Waals surface area (Å²) in [4.78, 5) is 37.0. The Labute approximate surface area is 354 Å². The van der Waals surface area contributed by atoms with Gasteiger partial charge in [0.25, 0.3) is 0 Å². The zero-order valence-electron chi connectivity index (χ0n) is 37.5. The van der Waals surface area contributed by atoms with Crippen LogP contribution in [0.5, 0.6) is 0 Å². The molecule has 0 aromatic heterocycles. The van der Waals surface area contributed by atoms with E-state index >= 15 is 0 Å². The Kier molecular flexibility index (Phi) is 37.9. The second-order valence-corrected chi connectivity index (χ2v) is 15.9. The van der Waals surface area contributed by atoms with Gasteiger partial charge in [-0.3, -0.25) is 9.59 Å². The zero-order chi connectivity index (χ0) is 42.8. The van der Waals surface area contributed by atoms with Crippen LogP contribution in [0.4, 0.5) is 0 Å². The van der Waals surface area contributed by atoms with Gasteiger partial charge in [0, 0.05) is 19.3 Å². The highest BCUT2D eigenvalue weighted by Gasteiger charge is 2.31. The van der Waals surface area contributed by atoms with Gasteiger partial charge in [0.15, 0.2) is 12.1 Å². The lowest BCUT2D eigenvalue weighted by atomic mass is 10.1. The normalized spacial score (nSPS) is 13.7. The van der Waals surface area contributed by atoms with Crippen LogP contribution in [-0.4, -0.2) is 80.6 Å². The predicted molar refractivity (Wildman–Crippen MR) is 243 cm³/mol. The molecule has 0 fully saturated rings. The number of esters is 2. The Morgan fingerprint density at radius 3 is 1.34 bits per heavy atom. The molecule has 0 saturated heterocycles. The van der Waals surface area contributed by atoms with E-state index in [1.165, 1.54) is 25.7 Å². The third-order valence-corrected chi connectivity index (χ3v) is 9.54. The summed E-state index contributed by atoms with van der Waals surface area (Å²) in [5, 5.41) is 9.62. The third kappa shape index (κ3) is 38.1. The van der Waals surface area contributed by atoms with Gasteiger partial charge >= 0.3 is 17.9 Å². The Bertz CT molecular complexity index is 1220. The predicted octanol–water partition coefficient (Wildman–Crippen LogP) is 12.5. The number of nitrogens with zero attached hydrogens (tertiary/aromatic N) is 1. The van der Waals surface area contributed by atoms with Gasteiger partial charge in [0.05, 0.1) is 34.4 Å². The van der Waals surface area contributed by atoms with E-state index in [1.54, 1.807) is 0 Å². The van der Waals surface area contributed by atoms with Crippen molar-refractivity contribution >= 4 is 17.9 Å². The number of carboxylic acids is 1. The summed E-state index contributed by atoms with van der Waals surface area (Å²) in [6.45, 7) is 4.46. The van der Waals surface area contributed by atoms with E-state index in [-0.39, 0.29) is 36.2 Å². The standard InChI is InChI=1S/C50H83NO7/c1-6-8-10-12-14-16-18-20-22-23-24-25-26-27-29-30-32-34-36-38-40-48(52)57-45-46(44-56-43-42-47(50(54)55)51(3,4)5)58-49(53)41-39-37-35-33-31-28-21-19-17-15-13-11-9-7-2/h8-11,14-17,20-22,24-25,28,46-47H,6-7,12-13,18-19,23,26-27,29-45H2,1-5H3/p+1/b10-8+,11-9+,16-14+,17-15+,22-20+,25-24+,28-21+. The molecule has 0 aliphatic rings. The molecule has 0 aromatic rings. The highest BCUT2D eigenvalue weighted by Crippen LogP contribution is 2.13. The van der Waals surface area contributed by atoms with E-state index in [0.29, 0.717) is 19.3 Å². The van der Waals surface area contributed by atoms with Gasteiger partial charge in [-0.15, -0.1) is 0 Å². The molecule has 0 aliphatic heterocycles. The first-order valence-corrected chi connectivity index (χ1v) is 22.6. The van der Waals surface area contributed by atoms with E-state index in [2.05, 4.69) is 98.9 Å². The fourth-order valence-corrected chi connectivity index (χ4v) is 6.10. The van der Waals surface area contributed by atoms with E-state index in [4.69, 9.17) is 14.2 Å². The minimum atomic E-state index is -0.884. The topological polar surface area (TPSA) is 99.1 Å². The lowest BCUT2D eigenvalue weighted by Crippen LogP contribution is -2.50. The summed E-state index contributed by atoms with van der Waals surface area (Å²) in [5.74, 6) is -1.52. The first kappa shape index (κ1) is 54.5. The molecule has 8 nitrogen and oxygen atoms in total. The fourth-order valence-electron chi connectivity index (χ4n) is 6.10. The molecule has 0 aliphatic carbocycles. The molecule has 0 aromatic carbocycles. The van der Waals surface area contributed by atoms with Crippen molar-refractivity contribution < 1.29 is 38.2 Å². The van der Waals surface area contributed by atoms with Crippen LogP contribution >= 0.6 is 0 Å². The lowest BCUT2D eigenvalue weighted by molar-refractivity contribution is -0.887. The molecule has 0 spiro atoms. The van der Waals surface area contributed by atoms with Crippen LogP contribution in [-0.2, 0) is 28.6 Å². The molecule has 0 amide bonds. The van der Waals surface area contributed by atoms with Gasteiger partial charge in [-0.1, -0.05) is 144 Å². The summed E-state index contributed by atoms with van der Waals surface area (Å²) in [6, 6.07) is -0.625. The number of carbonyl (C=O) groups is 3. The number of carbonyl (C=O) groups excluding carboxylic acids is 2. The number of ether oxygens (including phenoxy) is 3. The van der Waals surface area contributed by atoms with E-state index in [1.807, 2.05) is 21.1 Å². The Morgan fingerprint density at radius 1 is 0.517 bits per heavy atom. The number of rotatable bonds is 39. The fraction of sp³-hybridized carbons (Fsp3) is 0.660. The van der Waals surface area contributed by atoms with Crippen molar-refractivity contribution in [3.8, 4) is 0 Å². The van der Waals surface area contributed by atoms with Crippen LogP contribution in [0.1, 0.15) is 162 Å². The number of unbranched alkanes of at least 4 members (excludes halogenated alkanes) is 11. The molecule has 2 unspecified atom stereocenters. The maximum absolute atomic E-state index is 12.7. The SMILES string of the molecule is CC/C=C/C/C=C/C/C=C/C/C=C/CCCCCCCCCC(=O)OCC(COCCC(C(=O)O)[N+](C)(C)C)OC(=O)CCCCCC/C=C/C/C=C/C/C=C/CC. The van der Waals surface area contributed by atoms with Gasteiger partial charge < -0.3 is 23.8 Å². The molecule has 330 valence electrons. The summed E-state index contributed by atoms with van der Waals surface area (Å²) < 4.78 is 17.3. The number of hydrogen-bond donors (Lipinski definition) is 1. The molecule has 2 atom stereocenters. The van der Waals surface area contributed by atoms with Crippen LogP contribution in [0.3, 0.4) is 0 Å². The van der Waals surface area contributed by atoms with Crippen LogP contribution in [0.15, 0.2) is 85.1 Å². The average molecular weight is 811 g/mol. The molecule has 0 radical (unpaired) electrons. The minimum Gasteiger partial charge on any atom is -0.477 e. The Morgan fingerprint density at radius 2 is 0.914 bits per heavy atom. The number of allylic oxidation sites excluding steroid dienone is 14. The van der Waals surface area contributed by atoms with Crippen molar-refractivity contribution in [3.05, 3.63) is 85.1 Å². The number of carboxylic acid groups (broad SMARTS) is 1. The van der Waals surface area contributed by atoms with Crippen LogP contribution in [0, 0.1) is 0 Å². The smallest absolute Gasteiger partial charge is 0.362 e. The van der Waals surface area contributed by atoms with Gasteiger partial charge in [-0.2, -0.15) is 0 Å². The largest absolute Gasteiger partial charge is 0.477 e. The molecule has 0 saturated carbocycles. The highest BCUT2D eigenvalue weighted by molar-refractivity contribution is 5.72. The van der Waals surface area contributed by atoms with Crippen molar-refractivity contribution in [2.45, 2.75) is 174 Å². The van der Waals surface area contributed by atoms with Gasteiger partial charge in [-0.05, 0) is 83.5 Å². The lowest BCUT2D eigenvalue weighted by Gasteiger charge is -2.31. The number of aliphatic carboxylic acids is 1. The Balaban J connectivity index is 4.36. The number of quaternary nitrogens is 1. The van der Waals surface area contributed by atoms with Crippen molar-refractivity contribution in [2.75, 3.05) is 41.0 Å². The summed E-state index contributed by atoms with van der Waals surface area (Å²) in [7, 11) is 5.51. The van der Waals surface area contributed by atoms with Crippen LogP contribution in [0.25, 0.3) is 0 Å². The maximum atomic E-state index is 12.7. The van der Waals surface area contributed by atoms with Gasteiger partial charge in [0.1, 0.15) is 6.61 Å². The van der Waals surface area contributed by atoms with Crippen LogP contribution < -0.4 is 0 Å². The van der Waals surface area contributed by atoms with E-state index < -0.39 is 18.1 Å². The summed E-state index contributed by atoms with van der Waals surface area (Å²) in [5.41, 5.74) is 0. The minimum absolute atomic E-state index is 0.0434. The average Bonchev–Trinajstić information content (AvgIpc) is 3.18. The van der Waals surface area contributed by atoms with Gasteiger partial charge in [0.2, 0.25) is 0 Å². The summed E-state index contributed by atoms with van der Waals surface area (Å²) in [6.07, 6.45) is 52.0. The molecule has 1 N–H and O–H groups in total. The first-order valence-electron chi connectivity index (χ1n) is 22.6. The molecule has 0 heterocycles. The second kappa shape index (κ2) is 40.3. The van der Waals surface area contributed by atoms with Crippen molar-refractivity contribution in [2.24, 2.45) is 0 Å². The monoisotopic (exact) mass is 811 g/mol. The van der Waals surface area contributed by atoms with Crippen LogP contribution in [0.2, 0.25) is 0 Å². The number of hydrogen-bond acceptors (Lipinski definition) is 6. The molecular weight excluding hydrogens is 727 g/mol. The Hall–Kier alpha value is -3.49. The zero-order valence-corrected chi connectivity index (χ0v) is 37.5. The van der Waals surface area contributed by atoms with Crippen molar-refractivity contribution in [3.63, 3.8) is 0 Å². The summed E-state index contributed by atoms with van der Waals surface area (Å²) >= 11 is 0. The number of likely N-dealkylation sites (N-methyl/N-ethyl adjacent to an activating group) is 1. The van der Waals surface area contributed by atoms with Crippen molar-refractivity contribution in [1.29, 1.82) is 0 Å². The first-order chi connectivity index (χ1) is 28.1. The van der Waals surface area contributed by atoms with Crippen molar-refractivity contribution in [1.82, 2.24) is 0 Å². The van der Waals surface area contributed by atoms with Gasteiger partial charge in [-0.25, -0.2) is 4.79 Å². The maximum Gasteiger partial charge on any atom is 0.362 e. The molecule has 58 heavy (non-hydrogen) atoms. The van der Waals surface area contributed by atoms with E-state index in [0.717, 1.165) is 103 Å². The molecule has 0 bridgehead atoms.